The van der Waals surface area contributed by atoms with E-state index in [4.69, 9.17) is 4.74 Å². The van der Waals surface area contributed by atoms with Gasteiger partial charge in [0.2, 0.25) is 0 Å². The number of benzene rings is 4. The molecule has 1 aliphatic rings. The van der Waals surface area contributed by atoms with E-state index >= 15 is 0 Å². The van der Waals surface area contributed by atoms with Crippen LogP contribution in [0.3, 0.4) is 0 Å². The molecule has 1 heterocycles. The van der Waals surface area contributed by atoms with Crippen LogP contribution in [0, 0.1) is 20.8 Å². The third-order valence-corrected chi connectivity index (χ3v) is 11.9. The van der Waals surface area contributed by atoms with Crippen LogP contribution in [-0.2, 0) is 42.2 Å². The first-order valence-corrected chi connectivity index (χ1v) is 18.4. The summed E-state index contributed by atoms with van der Waals surface area (Å²) in [5, 5.41) is 9.86. The van der Waals surface area contributed by atoms with Crippen molar-refractivity contribution in [2.24, 2.45) is 0 Å². The SMILES string of the molecule is COc1cccc(C(C(=O)NS(=O)(=O)c2ccc(C(F)(F)F)cc2)N2CCc3c2cccc3N(CC(=O)O)S(=O)(=O)c2c(C)cc(C)cc2C)c1. The highest BCUT2D eigenvalue weighted by atomic mass is 32.2. The zero-order valence-electron chi connectivity index (χ0n) is 27.9. The molecule has 0 bridgehead atoms. The number of carbonyl (C=O) groups excluding carboxylic acids is 1. The van der Waals surface area contributed by atoms with Gasteiger partial charge in [-0.3, -0.25) is 13.9 Å². The van der Waals surface area contributed by atoms with E-state index in [2.05, 4.69) is 0 Å². The van der Waals surface area contributed by atoms with Gasteiger partial charge in [-0.2, -0.15) is 13.2 Å². The van der Waals surface area contributed by atoms with Gasteiger partial charge in [0.1, 0.15) is 18.3 Å². The second kappa shape index (κ2) is 13.9. The Morgan fingerprint density at radius 1 is 0.941 bits per heavy atom. The Morgan fingerprint density at radius 2 is 1.57 bits per heavy atom. The van der Waals surface area contributed by atoms with Gasteiger partial charge < -0.3 is 14.7 Å². The van der Waals surface area contributed by atoms with Crippen molar-refractivity contribution in [3.63, 3.8) is 0 Å². The number of rotatable bonds is 11. The van der Waals surface area contributed by atoms with Gasteiger partial charge in [-0.25, -0.2) is 21.6 Å². The molecule has 4 aromatic carbocycles. The van der Waals surface area contributed by atoms with E-state index in [-0.39, 0.29) is 29.1 Å². The minimum atomic E-state index is -4.71. The Balaban J connectivity index is 1.60. The summed E-state index contributed by atoms with van der Waals surface area (Å²) in [6.45, 7) is 4.23. The highest BCUT2D eigenvalue weighted by Gasteiger charge is 2.39. The first kappa shape index (κ1) is 37.2. The van der Waals surface area contributed by atoms with E-state index in [1.165, 1.54) is 25.3 Å². The van der Waals surface area contributed by atoms with Crippen molar-refractivity contribution in [2.45, 2.75) is 49.2 Å². The summed E-state index contributed by atoms with van der Waals surface area (Å²) in [6.07, 6.45) is -4.56. The quantitative estimate of drug-likeness (QED) is 0.202. The molecule has 0 aromatic heterocycles. The van der Waals surface area contributed by atoms with Gasteiger partial charge in [-0.05, 0) is 92.4 Å². The largest absolute Gasteiger partial charge is 0.497 e. The van der Waals surface area contributed by atoms with Crippen molar-refractivity contribution in [1.82, 2.24) is 4.72 Å². The number of nitrogens with zero attached hydrogens (tertiary/aromatic N) is 2. The lowest BCUT2D eigenvalue weighted by Crippen LogP contribution is -2.42. The maximum absolute atomic E-state index is 14.2. The average molecular weight is 746 g/mol. The standard InChI is InChI=1S/C35H34F3N3O8S2/c1-21-17-22(2)33(23(3)18-21)51(47,48)41(20-31(42)43)30-10-6-9-29-28(30)15-16-40(29)32(24-7-5-8-26(19-24)49-4)34(44)39-50(45,46)27-13-11-25(12-14-27)35(36,37)38/h5-14,17-19,32H,15-16,20H2,1-4H3,(H,39,44)(H,42,43). The Bertz CT molecular complexity index is 2200. The van der Waals surface area contributed by atoms with Crippen molar-refractivity contribution < 1.29 is 49.4 Å². The van der Waals surface area contributed by atoms with Crippen LogP contribution in [0.15, 0.2) is 88.7 Å². The summed E-state index contributed by atoms with van der Waals surface area (Å²) in [5.74, 6) is -2.12. The number of methoxy groups -OCH3 is 1. The van der Waals surface area contributed by atoms with E-state index in [0.29, 0.717) is 40.3 Å². The molecule has 1 amide bonds. The van der Waals surface area contributed by atoms with Gasteiger partial charge >= 0.3 is 12.1 Å². The molecule has 4 aromatic rings. The van der Waals surface area contributed by atoms with E-state index in [1.54, 1.807) is 55.1 Å². The maximum Gasteiger partial charge on any atom is 0.416 e. The van der Waals surface area contributed by atoms with Crippen LogP contribution in [0.25, 0.3) is 0 Å². The molecule has 1 aliphatic heterocycles. The predicted molar refractivity (Wildman–Crippen MR) is 183 cm³/mol. The fraction of sp³-hybridized carbons (Fsp3) is 0.257. The molecule has 1 atom stereocenters. The van der Waals surface area contributed by atoms with E-state index in [1.807, 2.05) is 11.6 Å². The minimum absolute atomic E-state index is 0.0380. The fourth-order valence-corrected chi connectivity index (χ4v) is 9.25. The molecule has 16 heteroatoms. The maximum atomic E-state index is 14.2. The lowest BCUT2D eigenvalue weighted by Gasteiger charge is -2.31. The van der Waals surface area contributed by atoms with Gasteiger partial charge in [-0.1, -0.05) is 35.9 Å². The molecule has 51 heavy (non-hydrogen) atoms. The molecule has 0 saturated carbocycles. The van der Waals surface area contributed by atoms with Crippen molar-refractivity contribution in [3.05, 3.63) is 112 Å². The molecule has 0 saturated heterocycles. The fourth-order valence-electron chi connectivity index (χ4n) is 6.40. The smallest absolute Gasteiger partial charge is 0.416 e. The number of aliphatic carboxylic acids is 1. The number of amides is 1. The lowest BCUT2D eigenvalue weighted by molar-refractivity contribution is -0.138. The molecule has 11 nitrogen and oxygen atoms in total. The monoisotopic (exact) mass is 745 g/mol. The molecule has 0 fully saturated rings. The number of carboxylic acid groups (broad SMARTS) is 1. The molecule has 0 aliphatic carbocycles. The summed E-state index contributed by atoms with van der Waals surface area (Å²) < 4.78 is 103. The summed E-state index contributed by atoms with van der Waals surface area (Å²) in [5.41, 5.74) is 1.71. The van der Waals surface area contributed by atoms with Crippen molar-refractivity contribution in [1.29, 1.82) is 0 Å². The highest BCUT2D eigenvalue weighted by molar-refractivity contribution is 7.93. The van der Waals surface area contributed by atoms with Gasteiger partial charge in [0.15, 0.2) is 0 Å². The summed E-state index contributed by atoms with van der Waals surface area (Å²) in [7, 11) is -7.72. The van der Waals surface area contributed by atoms with Crippen LogP contribution in [0.2, 0.25) is 0 Å². The first-order chi connectivity index (χ1) is 23.8. The van der Waals surface area contributed by atoms with E-state index in [9.17, 15) is 44.7 Å². The molecule has 1 unspecified atom stereocenters. The Kier molecular flexibility index (Phi) is 10.1. The van der Waals surface area contributed by atoms with Crippen LogP contribution >= 0.6 is 0 Å². The van der Waals surface area contributed by atoms with E-state index in [0.717, 1.165) is 22.0 Å². The van der Waals surface area contributed by atoms with Gasteiger partial charge in [-0.15, -0.1) is 0 Å². The second-order valence-electron chi connectivity index (χ2n) is 12.0. The molecule has 0 spiro atoms. The number of sulfonamides is 2. The number of ether oxygens (including phenoxy) is 1. The molecule has 5 rings (SSSR count). The Labute approximate surface area is 293 Å². The number of alkyl halides is 3. The molecule has 2 N–H and O–H groups in total. The third kappa shape index (κ3) is 7.51. The summed E-state index contributed by atoms with van der Waals surface area (Å²) in [6, 6.07) is 15.5. The normalized spacial score (nSPS) is 13.7. The minimum Gasteiger partial charge on any atom is -0.497 e. The molecule has 270 valence electrons. The number of halogens is 3. The Hall–Kier alpha value is -5.09. The van der Waals surface area contributed by atoms with Crippen molar-refractivity contribution in [3.8, 4) is 5.75 Å². The number of aryl methyl sites for hydroxylation is 3. The highest BCUT2D eigenvalue weighted by Crippen LogP contribution is 2.42. The van der Waals surface area contributed by atoms with Crippen LogP contribution in [0.4, 0.5) is 24.5 Å². The zero-order chi connectivity index (χ0) is 37.5. The zero-order valence-corrected chi connectivity index (χ0v) is 29.5. The number of hydrogen-bond donors (Lipinski definition) is 2. The number of fused-ring (bicyclic) bond motifs is 1. The number of hydrogen-bond acceptors (Lipinski definition) is 8. The molecular formula is C35H34F3N3O8S2. The van der Waals surface area contributed by atoms with Crippen LogP contribution in [-0.4, -0.2) is 54.0 Å². The molecular weight excluding hydrogens is 712 g/mol. The summed E-state index contributed by atoms with van der Waals surface area (Å²) in [4.78, 5) is 27.1. The van der Waals surface area contributed by atoms with Crippen LogP contribution < -0.4 is 18.7 Å². The predicted octanol–water partition coefficient (Wildman–Crippen LogP) is 5.53. The van der Waals surface area contributed by atoms with Gasteiger partial charge in [0.05, 0.1) is 28.2 Å². The van der Waals surface area contributed by atoms with Gasteiger partial charge in [0, 0.05) is 17.8 Å². The van der Waals surface area contributed by atoms with E-state index < -0.39 is 61.1 Å². The Morgan fingerprint density at radius 3 is 2.16 bits per heavy atom. The summed E-state index contributed by atoms with van der Waals surface area (Å²) >= 11 is 0. The topological polar surface area (TPSA) is 150 Å². The molecule has 0 radical (unpaired) electrons. The average Bonchev–Trinajstić information content (AvgIpc) is 3.46. The number of nitrogens with one attached hydrogen (secondary N) is 1. The van der Waals surface area contributed by atoms with Crippen molar-refractivity contribution in [2.75, 3.05) is 29.4 Å². The van der Waals surface area contributed by atoms with Crippen LogP contribution in [0.5, 0.6) is 5.75 Å². The third-order valence-electron chi connectivity index (χ3n) is 8.44. The number of anilines is 2. The lowest BCUT2D eigenvalue weighted by atomic mass is 10.0. The van der Waals surface area contributed by atoms with Crippen molar-refractivity contribution >= 4 is 43.3 Å². The first-order valence-electron chi connectivity index (χ1n) is 15.4. The van der Waals surface area contributed by atoms with Crippen LogP contribution in [0.1, 0.15) is 39.4 Å². The van der Waals surface area contributed by atoms with Gasteiger partial charge in [0.25, 0.3) is 26.0 Å². The number of carbonyl (C=O) groups is 2. The number of carboxylic acids is 1. The second-order valence-corrected chi connectivity index (χ2v) is 15.5.